The largest absolute Gasteiger partial charge is 0.265 e. The van der Waals surface area contributed by atoms with Crippen molar-refractivity contribution in [3.63, 3.8) is 0 Å². The summed E-state index contributed by atoms with van der Waals surface area (Å²) in [6.45, 7) is 0. The molecular formula is C6H10INS. The molecule has 1 rings (SSSR count). The van der Waals surface area contributed by atoms with Crippen molar-refractivity contribution < 1.29 is 0 Å². The van der Waals surface area contributed by atoms with Crippen LogP contribution in [0.1, 0.15) is 0 Å². The second-order valence-electron chi connectivity index (χ2n) is 1.02. The van der Waals surface area contributed by atoms with Gasteiger partial charge in [-0.25, -0.2) is 0 Å². The Morgan fingerprint density at radius 2 is 1.44 bits per heavy atom. The Labute approximate surface area is 78.3 Å². The Kier molecular flexibility index (Phi) is 14.7. The van der Waals surface area contributed by atoms with Gasteiger partial charge < -0.3 is 0 Å². The molecule has 1 aromatic rings. The quantitative estimate of drug-likeness (QED) is 0.554. The zero-order valence-electron chi connectivity index (χ0n) is 5.19. The van der Waals surface area contributed by atoms with Gasteiger partial charge in [0.15, 0.2) is 0 Å². The number of pyridine rings is 1. The summed E-state index contributed by atoms with van der Waals surface area (Å²) in [5.41, 5.74) is 0. The Morgan fingerprint density at radius 3 is 1.56 bits per heavy atom. The average molecular weight is 255 g/mol. The Balaban J connectivity index is 0. The minimum absolute atomic E-state index is 0. The Bertz CT molecular complexity index is 85.0. The van der Waals surface area contributed by atoms with E-state index >= 15 is 0 Å². The summed E-state index contributed by atoms with van der Waals surface area (Å²) < 4.78 is 0. The topological polar surface area (TPSA) is 12.9 Å². The monoisotopic (exact) mass is 255 g/mol. The van der Waals surface area contributed by atoms with E-state index in [9.17, 15) is 0 Å². The van der Waals surface area contributed by atoms with Crippen molar-refractivity contribution in [1.29, 1.82) is 0 Å². The lowest BCUT2D eigenvalue weighted by atomic mass is 10.5. The molecule has 0 aliphatic carbocycles. The third-order valence-electron chi connectivity index (χ3n) is 0.566. The molecule has 1 heterocycles. The molecule has 0 spiro atoms. The van der Waals surface area contributed by atoms with E-state index in [4.69, 9.17) is 0 Å². The molecule has 0 aliphatic rings. The van der Waals surface area contributed by atoms with Crippen molar-refractivity contribution in [3.05, 3.63) is 30.6 Å². The third-order valence-corrected chi connectivity index (χ3v) is 0.566. The van der Waals surface area contributed by atoms with Crippen LogP contribution in [-0.4, -0.2) is 11.2 Å². The molecule has 0 aromatic carbocycles. The zero-order chi connectivity index (χ0) is 6.24. The molecule has 0 atom stereocenters. The predicted octanol–water partition coefficient (Wildman–Crippen LogP) is 2.25. The average Bonchev–Trinajstić information content (AvgIpc) is 1.96. The van der Waals surface area contributed by atoms with Crippen molar-refractivity contribution in [2.75, 3.05) is 6.26 Å². The van der Waals surface area contributed by atoms with Crippen LogP contribution in [0, 0.1) is 0 Å². The summed E-state index contributed by atoms with van der Waals surface area (Å²) in [6, 6.07) is 5.72. The van der Waals surface area contributed by atoms with Crippen LogP contribution in [-0.2, 0) is 0 Å². The SMILES string of the molecule is CS.I.c1ccncc1. The minimum atomic E-state index is 0. The first-order valence-corrected chi connectivity index (χ1v) is 3.19. The summed E-state index contributed by atoms with van der Waals surface area (Å²) in [5.74, 6) is 0. The van der Waals surface area contributed by atoms with E-state index in [2.05, 4.69) is 17.6 Å². The van der Waals surface area contributed by atoms with E-state index in [-0.39, 0.29) is 24.0 Å². The normalized spacial score (nSPS) is 6.00. The number of halogens is 1. The van der Waals surface area contributed by atoms with Crippen molar-refractivity contribution in [3.8, 4) is 0 Å². The van der Waals surface area contributed by atoms with E-state index in [1.54, 1.807) is 18.6 Å². The van der Waals surface area contributed by atoms with Crippen LogP contribution in [0.4, 0.5) is 0 Å². The van der Waals surface area contributed by atoms with E-state index in [1.165, 1.54) is 0 Å². The number of thiol groups is 1. The molecule has 0 fully saturated rings. The lowest BCUT2D eigenvalue weighted by Gasteiger charge is -1.70. The molecule has 3 heteroatoms. The van der Waals surface area contributed by atoms with Gasteiger partial charge in [-0.15, -0.1) is 24.0 Å². The molecule has 52 valence electrons. The fraction of sp³-hybridized carbons (Fsp3) is 0.167. The van der Waals surface area contributed by atoms with Crippen LogP contribution in [0.3, 0.4) is 0 Å². The van der Waals surface area contributed by atoms with Gasteiger partial charge in [-0.1, -0.05) is 6.07 Å². The summed E-state index contributed by atoms with van der Waals surface area (Å²) >= 11 is 3.53. The van der Waals surface area contributed by atoms with Crippen LogP contribution in [0.2, 0.25) is 0 Å². The number of rotatable bonds is 0. The van der Waals surface area contributed by atoms with E-state index in [0.29, 0.717) is 0 Å². The fourth-order valence-corrected chi connectivity index (χ4v) is 0.313. The molecule has 0 saturated carbocycles. The highest BCUT2D eigenvalue weighted by molar-refractivity contribution is 14.0. The molecule has 0 aliphatic heterocycles. The lowest BCUT2D eigenvalue weighted by Crippen LogP contribution is -1.58. The van der Waals surface area contributed by atoms with Crippen LogP contribution in [0.25, 0.3) is 0 Å². The second-order valence-corrected chi connectivity index (χ2v) is 1.02. The van der Waals surface area contributed by atoms with Crippen LogP contribution in [0.5, 0.6) is 0 Å². The minimum Gasteiger partial charge on any atom is -0.265 e. The summed E-state index contributed by atoms with van der Waals surface area (Å²) in [7, 11) is 0. The highest BCUT2D eigenvalue weighted by Gasteiger charge is 1.58. The molecule has 0 amide bonds. The predicted molar refractivity (Wildman–Crippen MR) is 54.6 cm³/mol. The number of hydrogen-bond donors (Lipinski definition) is 1. The molecule has 9 heavy (non-hydrogen) atoms. The first-order valence-electron chi connectivity index (χ1n) is 2.30. The van der Waals surface area contributed by atoms with Gasteiger partial charge in [0.25, 0.3) is 0 Å². The first kappa shape index (κ1) is 12.0. The van der Waals surface area contributed by atoms with E-state index in [1.807, 2.05) is 18.2 Å². The maximum atomic E-state index is 3.78. The fourth-order valence-electron chi connectivity index (χ4n) is 0.313. The summed E-state index contributed by atoms with van der Waals surface area (Å²) in [5, 5.41) is 0. The molecule has 1 aromatic heterocycles. The van der Waals surface area contributed by atoms with E-state index in [0.717, 1.165) is 0 Å². The highest BCUT2D eigenvalue weighted by atomic mass is 127. The van der Waals surface area contributed by atoms with Gasteiger partial charge >= 0.3 is 0 Å². The molecule has 0 bridgehead atoms. The van der Waals surface area contributed by atoms with Gasteiger partial charge in [-0.3, -0.25) is 4.98 Å². The van der Waals surface area contributed by atoms with Crippen molar-refractivity contribution in [2.24, 2.45) is 0 Å². The summed E-state index contributed by atoms with van der Waals surface area (Å²) in [6.07, 6.45) is 5.19. The molecule has 0 unspecified atom stereocenters. The smallest absolute Gasteiger partial charge is 0.0267 e. The molecule has 0 saturated heterocycles. The Hall–Kier alpha value is 0.230. The van der Waals surface area contributed by atoms with Gasteiger partial charge in [-0.05, 0) is 18.4 Å². The van der Waals surface area contributed by atoms with Crippen molar-refractivity contribution in [1.82, 2.24) is 4.98 Å². The lowest BCUT2D eigenvalue weighted by molar-refractivity contribution is 1.33. The molecular weight excluding hydrogens is 245 g/mol. The molecule has 0 radical (unpaired) electrons. The van der Waals surface area contributed by atoms with Gasteiger partial charge in [0.05, 0.1) is 0 Å². The zero-order valence-corrected chi connectivity index (χ0v) is 8.41. The van der Waals surface area contributed by atoms with Gasteiger partial charge in [0, 0.05) is 12.4 Å². The summed E-state index contributed by atoms with van der Waals surface area (Å²) in [4.78, 5) is 3.78. The second kappa shape index (κ2) is 11.1. The number of aromatic nitrogens is 1. The van der Waals surface area contributed by atoms with Crippen molar-refractivity contribution in [2.45, 2.75) is 0 Å². The van der Waals surface area contributed by atoms with Crippen LogP contribution < -0.4 is 0 Å². The Morgan fingerprint density at radius 1 is 1.00 bits per heavy atom. The maximum Gasteiger partial charge on any atom is 0.0267 e. The molecule has 1 nitrogen and oxygen atoms in total. The third kappa shape index (κ3) is 8.23. The van der Waals surface area contributed by atoms with E-state index < -0.39 is 0 Å². The number of hydrogen-bond acceptors (Lipinski definition) is 2. The van der Waals surface area contributed by atoms with Crippen molar-refractivity contribution >= 4 is 36.6 Å². The van der Waals surface area contributed by atoms with Crippen LogP contribution >= 0.6 is 36.6 Å². The van der Waals surface area contributed by atoms with Gasteiger partial charge in [0.2, 0.25) is 0 Å². The maximum absolute atomic E-state index is 3.78. The number of nitrogens with zero attached hydrogens (tertiary/aromatic N) is 1. The molecule has 0 N–H and O–H groups in total. The van der Waals surface area contributed by atoms with Crippen LogP contribution in [0.15, 0.2) is 30.6 Å². The standard InChI is InChI=1S/C5H5N.CH4S.HI/c1-2-4-6-5-3-1;1-2;/h1-5H;2H,1H3;1H. The highest BCUT2D eigenvalue weighted by Crippen LogP contribution is 1.73. The van der Waals surface area contributed by atoms with Gasteiger partial charge in [0.1, 0.15) is 0 Å². The first-order chi connectivity index (χ1) is 4.00. The van der Waals surface area contributed by atoms with Gasteiger partial charge in [-0.2, -0.15) is 12.6 Å².